The van der Waals surface area contributed by atoms with Gasteiger partial charge in [-0.15, -0.1) is 11.8 Å². The number of aliphatic hydroxyl groups excluding tert-OH is 1. The Morgan fingerprint density at radius 2 is 2.12 bits per heavy atom. The van der Waals surface area contributed by atoms with Gasteiger partial charge in [-0.1, -0.05) is 12.1 Å². The van der Waals surface area contributed by atoms with Crippen molar-refractivity contribution in [3.8, 4) is 0 Å². The van der Waals surface area contributed by atoms with Gasteiger partial charge in [0.1, 0.15) is 0 Å². The molecule has 1 aromatic carbocycles. The Bertz CT molecular complexity index is 317. The summed E-state index contributed by atoms with van der Waals surface area (Å²) in [5, 5.41) is 8.94. The minimum atomic E-state index is 0.129. The molecule has 1 aliphatic heterocycles. The average molecular weight is 252 g/mol. The molecule has 0 saturated carbocycles. The van der Waals surface area contributed by atoms with Crippen molar-refractivity contribution in [2.75, 3.05) is 12.4 Å². The van der Waals surface area contributed by atoms with Crippen LogP contribution < -0.4 is 0 Å². The predicted molar refractivity (Wildman–Crippen MR) is 71.3 cm³/mol. The average Bonchev–Trinajstić information content (AvgIpc) is 2.88. The largest absolute Gasteiger partial charge is 0.392 e. The van der Waals surface area contributed by atoms with Crippen LogP contribution in [0.25, 0.3) is 0 Å². The van der Waals surface area contributed by atoms with Crippen LogP contribution in [-0.2, 0) is 11.3 Å². The lowest BCUT2D eigenvalue weighted by Gasteiger charge is -2.08. The smallest absolute Gasteiger partial charge is 0.0681 e. The van der Waals surface area contributed by atoms with Gasteiger partial charge in [-0.2, -0.15) is 0 Å². The van der Waals surface area contributed by atoms with Crippen molar-refractivity contribution < 1.29 is 9.84 Å². The van der Waals surface area contributed by atoms with E-state index >= 15 is 0 Å². The van der Waals surface area contributed by atoms with Crippen molar-refractivity contribution in [3.63, 3.8) is 0 Å². The first kappa shape index (κ1) is 12.9. The predicted octanol–water partition coefficient (Wildman–Crippen LogP) is 3.23. The molecule has 0 spiro atoms. The summed E-state index contributed by atoms with van der Waals surface area (Å²) in [5.41, 5.74) is 0.980. The highest BCUT2D eigenvalue weighted by Gasteiger charge is 2.14. The highest BCUT2D eigenvalue weighted by atomic mass is 32.2. The highest BCUT2D eigenvalue weighted by Crippen LogP contribution is 2.22. The third-order valence-corrected chi connectivity index (χ3v) is 4.17. The maximum absolute atomic E-state index is 8.94. The number of ether oxygens (including phenoxy) is 1. The van der Waals surface area contributed by atoms with Gasteiger partial charge < -0.3 is 9.84 Å². The lowest BCUT2D eigenvalue weighted by molar-refractivity contribution is 0.104. The number of aliphatic hydroxyl groups is 1. The Labute approximate surface area is 107 Å². The van der Waals surface area contributed by atoms with Gasteiger partial charge in [0.2, 0.25) is 0 Å². The summed E-state index contributed by atoms with van der Waals surface area (Å²) >= 11 is 1.89. The molecule has 1 N–H and O–H groups in total. The fraction of sp³-hybridized carbons (Fsp3) is 0.571. The van der Waals surface area contributed by atoms with E-state index in [1.165, 1.54) is 30.6 Å². The fourth-order valence-corrected chi connectivity index (χ4v) is 2.94. The highest BCUT2D eigenvalue weighted by molar-refractivity contribution is 7.99. The number of hydrogen-bond acceptors (Lipinski definition) is 3. The summed E-state index contributed by atoms with van der Waals surface area (Å²) in [6.45, 7) is 1.09. The van der Waals surface area contributed by atoms with Gasteiger partial charge in [0.05, 0.1) is 12.7 Å². The maximum Gasteiger partial charge on any atom is 0.0681 e. The molecule has 1 aliphatic rings. The van der Waals surface area contributed by atoms with Crippen LogP contribution in [0.5, 0.6) is 0 Å². The van der Waals surface area contributed by atoms with Crippen LogP contribution in [0.2, 0.25) is 0 Å². The quantitative estimate of drug-likeness (QED) is 0.622. The van der Waals surface area contributed by atoms with Gasteiger partial charge >= 0.3 is 0 Å². The van der Waals surface area contributed by atoms with E-state index in [0.29, 0.717) is 6.10 Å². The lowest BCUT2D eigenvalue weighted by atomic mass is 10.1. The lowest BCUT2D eigenvalue weighted by Crippen LogP contribution is -2.04. The molecule has 2 nitrogen and oxygen atoms in total. The first-order chi connectivity index (χ1) is 8.38. The van der Waals surface area contributed by atoms with E-state index < -0.39 is 0 Å². The summed E-state index contributed by atoms with van der Waals surface area (Å²) in [6.07, 6.45) is 5.42. The van der Waals surface area contributed by atoms with Crippen LogP contribution in [0.4, 0.5) is 0 Å². The second kappa shape index (κ2) is 7.04. The maximum atomic E-state index is 8.94. The van der Waals surface area contributed by atoms with E-state index in [0.717, 1.165) is 17.9 Å². The molecule has 1 fully saturated rings. The van der Waals surface area contributed by atoms with Crippen molar-refractivity contribution in [2.45, 2.75) is 43.3 Å². The Hall–Kier alpha value is -0.510. The van der Waals surface area contributed by atoms with Crippen LogP contribution in [0.15, 0.2) is 29.2 Å². The molecule has 0 radical (unpaired) electrons. The fourth-order valence-electron chi connectivity index (χ4n) is 2.06. The van der Waals surface area contributed by atoms with Crippen LogP contribution in [0, 0.1) is 0 Å². The molecular formula is C14H20O2S. The van der Waals surface area contributed by atoms with Gasteiger partial charge in [-0.25, -0.2) is 0 Å². The molecule has 2 rings (SSSR count). The molecule has 0 bridgehead atoms. The zero-order chi connectivity index (χ0) is 11.9. The molecule has 0 amide bonds. The van der Waals surface area contributed by atoms with Crippen molar-refractivity contribution in [3.05, 3.63) is 29.8 Å². The molecule has 0 aliphatic carbocycles. The van der Waals surface area contributed by atoms with Crippen LogP contribution in [0.1, 0.15) is 31.2 Å². The van der Waals surface area contributed by atoms with Crippen LogP contribution in [0.3, 0.4) is 0 Å². The molecule has 1 aromatic rings. The minimum absolute atomic E-state index is 0.129. The summed E-state index contributed by atoms with van der Waals surface area (Å²) in [5.74, 6) is 1.15. The van der Waals surface area contributed by atoms with E-state index in [4.69, 9.17) is 9.84 Å². The topological polar surface area (TPSA) is 29.5 Å². The molecule has 94 valence electrons. The van der Waals surface area contributed by atoms with E-state index in [-0.39, 0.29) is 6.61 Å². The third kappa shape index (κ3) is 4.34. The molecule has 17 heavy (non-hydrogen) atoms. The Morgan fingerprint density at radius 3 is 2.76 bits per heavy atom. The summed E-state index contributed by atoms with van der Waals surface area (Å²) in [4.78, 5) is 1.29. The number of rotatable bonds is 6. The van der Waals surface area contributed by atoms with Crippen LogP contribution >= 0.6 is 11.8 Å². The Morgan fingerprint density at radius 1 is 1.29 bits per heavy atom. The Kier molecular flexibility index (Phi) is 5.36. The first-order valence-corrected chi connectivity index (χ1v) is 7.31. The molecule has 1 heterocycles. The molecule has 0 aromatic heterocycles. The van der Waals surface area contributed by atoms with E-state index in [2.05, 4.69) is 12.1 Å². The second-order valence-electron chi connectivity index (χ2n) is 4.43. The SMILES string of the molecule is OCc1ccc(SCCCC2CCCO2)cc1. The van der Waals surface area contributed by atoms with E-state index in [9.17, 15) is 0 Å². The van der Waals surface area contributed by atoms with Gasteiger partial charge in [0, 0.05) is 11.5 Å². The molecule has 1 atom stereocenters. The number of thioether (sulfide) groups is 1. The summed E-state index contributed by atoms with van der Waals surface area (Å²) < 4.78 is 5.60. The number of benzene rings is 1. The molecule has 1 saturated heterocycles. The molecule has 1 unspecified atom stereocenters. The van der Waals surface area contributed by atoms with Crippen molar-refractivity contribution in [2.24, 2.45) is 0 Å². The monoisotopic (exact) mass is 252 g/mol. The van der Waals surface area contributed by atoms with Crippen molar-refractivity contribution in [1.29, 1.82) is 0 Å². The summed E-state index contributed by atoms with van der Waals surface area (Å²) in [6, 6.07) is 8.15. The van der Waals surface area contributed by atoms with Gasteiger partial charge in [0.25, 0.3) is 0 Å². The van der Waals surface area contributed by atoms with Crippen molar-refractivity contribution >= 4 is 11.8 Å². The minimum Gasteiger partial charge on any atom is -0.392 e. The first-order valence-electron chi connectivity index (χ1n) is 6.32. The second-order valence-corrected chi connectivity index (χ2v) is 5.60. The van der Waals surface area contributed by atoms with Gasteiger partial charge in [-0.05, 0) is 49.1 Å². The standard InChI is InChI=1S/C14H20O2S/c15-11-12-5-7-14(8-6-12)17-10-2-4-13-3-1-9-16-13/h5-8,13,15H,1-4,9-11H2. The summed E-state index contributed by atoms with van der Waals surface area (Å²) in [7, 11) is 0. The molecule has 3 heteroatoms. The molecular weight excluding hydrogens is 232 g/mol. The number of hydrogen-bond donors (Lipinski definition) is 1. The van der Waals surface area contributed by atoms with Gasteiger partial charge in [-0.3, -0.25) is 0 Å². The zero-order valence-electron chi connectivity index (χ0n) is 10.1. The van der Waals surface area contributed by atoms with E-state index in [1.54, 1.807) is 0 Å². The third-order valence-electron chi connectivity index (χ3n) is 3.07. The zero-order valence-corrected chi connectivity index (χ0v) is 10.9. The van der Waals surface area contributed by atoms with Gasteiger partial charge in [0.15, 0.2) is 0 Å². The van der Waals surface area contributed by atoms with Crippen molar-refractivity contribution in [1.82, 2.24) is 0 Å². The normalized spacial score (nSPS) is 19.7. The van der Waals surface area contributed by atoms with Crippen LogP contribution in [-0.4, -0.2) is 23.6 Å². The Balaban J connectivity index is 1.63. The van der Waals surface area contributed by atoms with E-state index in [1.807, 2.05) is 23.9 Å².